The first-order chi connectivity index (χ1) is 12.6. The van der Waals surface area contributed by atoms with Crippen molar-refractivity contribution in [3.8, 4) is 5.75 Å². The fraction of sp³-hybridized carbons (Fsp3) is 0.263. The molecule has 26 heavy (non-hydrogen) atoms. The van der Waals surface area contributed by atoms with Crippen molar-refractivity contribution in [1.82, 2.24) is 9.97 Å². The molecule has 7 heteroatoms. The molecule has 0 aliphatic carbocycles. The monoisotopic (exact) mass is 354 g/mol. The van der Waals surface area contributed by atoms with E-state index in [1.807, 2.05) is 49.1 Å². The third-order valence-corrected chi connectivity index (χ3v) is 4.29. The number of hydrogen-bond donors (Lipinski definition) is 3. The fourth-order valence-corrected chi connectivity index (χ4v) is 2.98. The highest BCUT2D eigenvalue weighted by Gasteiger charge is 2.17. The summed E-state index contributed by atoms with van der Waals surface area (Å²) in [6, 6.07) is 11.0. The van der Waals surface area contributed by atoms with Crippen LogP contribution in [0.25, 0.3) is 11.0 Å². The van der Waals surface area contributed by atoms with E-state index >= 15 is 0 Å². The molecule has 0 spiro atoms. The van der Waals surface area contributed by atoms with Crippen molar-refractivity contribution in [3.63, 3.8) is 0 Å². The number of benzene rings is 2. The fourth-order valence-electron chi connectivity index (χ4n) is 2.98. The van der Waals surface area contributed by atoms with E-state index < -0.39 is 5.97 Å². The second-order valence-electron chi connectivity index (χ2n) is 5.77. The molecule has 3 aromatic rings. The van der Waals surface area contributed by atoms with E-state index in [2.05, 4.69) is 15.3 Å². The molecule has 1 heterocycles. The number of para-hydroxylation sites is 2. The Morgan fingerprint density at radius 2 is 2.00 bits per heavy atom. The Kier molecular flexibility index (Phi) is 4.97. The standard InChI is InChI=1S/C19H22N4O3/c1-4-23(5-2)16-11-15-14(10-12(16)18(24)25)21-19(22-15)20-13-8-6-7-9-17(13)26-3/h6-11H,4-5H2,1-3H3,(H,24,25)(H2,20,21,22). The predicted octanol–water partition coefficient (Wildman–Crippen LogP) is 3.86. The van der Waals surface area contributed by atoms with Gasteiger partial charge in [0, 0.05) is 13.1 Å². The van der Waals surface area contributed by atoms with E-state index in [1.165, 1.54) is 0 Å². The van der Waals surface area contributed by atoms with E-state index in [9.17, 15) is 9.90 Å². The molecule has 3 N–H and O–H groups in total. The summed E-state index contributed by atoms with van der Waals surface area (Å²) in [7, 11) is 1.61. The van der Waals surface area contributed by atoms with Crippen LogP contribution >= 0.6 is 0 Å². The summed E-state index contributed by atoms with van der Waals surface area (Å²) in [6.07, 6.45) is 0. The number of hydrogen-bond acceptors (Lipinski definition) is 5. The number of carboxylic acid groups (broad SMARTS) is 1. The van der Waals surface area contributed by atoms with Crippen LogP contribution in [-0.4, -0.2) is 41.2 Å². The first-order valence-electron chi connectivity index (χ1n) is 8.49. The molecule has 0 fully saturated rings. The molecule has 0 bridgehead atoms. The number of methoxy groups -OCH3 is 1. The van der Waals surface area contributed by atoms with Crippen LogP contribution in [0.3, 0.4) is 0 Å². The quantitative estimate of drug-likeness (QED) is 0.597. The molecule has 0 aliphatic heterocycles. The van der Waals surface area contributed by atoms with Crippen molar-refractivity contribution in [2.75, 3.05) is 30.4 Å². The first-order valence-corrected chi connectivity index (χ1v) is 8.49. The first kappa shape index (κ1) is 17.6. The Morgan fingerprint density at radius 1 is 1.27 bits per heavy atom. The molecule has 136 valence electrons. The summed E-state index contributed by atoms with van der Waals surface area (Å²) in [6.45, 7) is 5.45. The van der Waals surface area contributed by atoms with Crippen molar-refractivity contribution in [2.24, 2.45) is 0 Å². The molecular weight excluding hydrogens is 332 g/mol. The van der Waals surface area contributed by atoms with Gasteiger partial charge in [0.2, 0.25) is 5.95 Å². The van der Waals surface area contributed by atoms with Crippen LogP contribution in [0.5, 0.6) is 5.75 Å². The zero-order valence-corrected chi connectivity index (χ0v) is 15.0. The van der Waals surface area contributed by atoms with Gasteiger partial charge in [0.05, 0.1) is 35.1 Å². The summed E-state index contributed by atoms with van der Waals surface area (Å²) in [4.78, 5) is 21.4. The summed E-state index contributed by atoms with van der Waals surface area (Å²) in [5, 5.41) is 12.8. The third-order valence-electron chi connectivity index (χ3n) is 4.29. The molecule has 0 saturated carbocycles. The Hall–Kier alpha value is -3.22. The van der Waals surface area contributed by atoms with Gasteiger partial charge in [-0.05, 0) is 38.1 Å². The Labute approximate surface area is 151 Å². The highest BCUT2D eigenvalue weighted by atomic mass is 16.5. The van der Waals surface area contributed by atoms with Crippen molar-refractivity contribution >= 4 is 34.3 Å². The zero-order chi connectivity index (χ0) is 18.7. The van der Waals surface area contributed by atoms with Gasteiger partial charge >= 0.3 is 5.97 Å². The molecule has 2 aromatic carbocycles. The molecular formula is C19H22N4O3. The van der Waals surface area contributed by atoms with E-state index in [1.54, 1.807) is 13.2 Å². The normalized spacial score (nSPS) is 10.7. The molecule has 0 radical (unpaired) electrons. The lowest BCUT2D eigenvalue weighted by molar-refractivity contribution is 0.0697. The summed E-state index contributed by atoms with van der Waals surface area (Å²) in [5.41, 5.74) is 3.07. The van der Waals surface area contributed by atoms with Gasteiger partial charge in [-0.2, -0.15) is 0 Å². The lowest BCUT2D eigenvalue weighted by atomic mass is 10.1. The lowest BCUT2D eigenvalue weighted by Crippen LogP contribution is -2.24. The number of fused-ring (bicyclic) bond motifs is 1. The smallest absolute Gasteiger partial charge is 0.337 e. The minimum absolute atomic E-state index is 0.247. The van der Waals surface area contributed by atoms with Crippen LogP contribution in [-0.2, 0) is 0 Å². The topological polar surface area (TPSA) is 90.5 Å². The van der Waals surface area contributed by atoms with Crippen molar-refractivity contribution in [1.29, 1.82) is 0 Å². The zero-order valence-electron chi connectivity index (χ0n) is 15.0. The van der Waals surface area contributed by atoms with E-state index in [4.69, 9.17) is 4.74 Å². The number of aromatic amines is 1. The van der Waals surface area contributed by atoms with Gasteiger partial charge in [-0.25, -0.2) is 9.78 Å². The number of aromatic carboxylic acids is 1. The third kappa shape index (κ3) is 3.28. The highest BCUT2D eigenvalue weighted by molar-refractivity contribution is 6.00. The number of carbonyl (C=O) groups is 1. The number of imidazole rings is 1. The summed E-state index contributed by atoms with van der Waals surface area (Å²) in [5.74, 6) is 0.261. The van der Waals surface area contributed by atoms with Gasteiger partial charge in [-0.3, -0.25) is 0 Å². The summed E-state index contributed by atoms with van der Waals surface area (Å²) >= 11 is 0. The van der Waals surface area contributed by atoms with Crippen LogP contribution in [0.15, 0.2) is 36.4 Å². The van der Waals surface area contributed by atoms with Crippen molar-refractivity contribution < 1.29 is 14.6 Å². The molecule has 0 amide bonds. The van der Waals surface area contributed by atoms with Crippen LogP contribution in [0.2, 0.25) is 0 Å². The van der Waals surface area contributed by atoms with Crippen molar-refractivity contribution in [3.05, 3.63) is 42.0 Å². The molecule has 3 rings (SSSR count). The number of H-pyrrole nitrogens is 1. The number of ether oxygens (including phenoxy) is 1. The molecule has 7 nitrogen and oxygen atoms in total. The van der Waals surface area contributed by atoms with Gasteiger partial charge in [0.25, 0.3) is 0 Å². The van der Waals surface area contributed by atoms with E-state index in [0.29, 0.717) is 22.9 Å². The van der Waals surface area contributed by atoms with Gasteiger partial charge in [0.15, 0.2) is 0 Å². The minimum atomic E-state index is -0.962. The van der Waals surface area contributed by atoms with Gasteiger partial charge in [0.1, 0.15) is 5.75 Å². The predicted molar refractivity (Wildman–Crippen MR) is 103 cm³/mol. The van der Waals surface area contributed by atoms with Gasteiger partial charge in [-0.15, -0.1) is 0 Å². The van der Waals surface area contributed by atoms with Crippen LogP contribution < -0.4 is 15.0 Å². The van der Waals surface area contributed by atoms with Crippen LogP contribution in [0.1, 0.15) is 24.2 Å². The van der Waals surface area contributed by atoms with Crippen LogP contribution in [0, 0.1) is 0 Å². The highest BCUT2D eigenvalue weighted by Crippen LogP contribution is 2.30. The molecule has 0 saturated heterocycles. The number of aromatic nitrogens is 2. The number of rotatable bonds is 7. The molecule has 1 aromatic heterocycles. The maximum atomic E-state index is 11.7. The lowest BCUT2D eigenvalue weighted by Gasteiger charge is -2.22. The molecule has 0 atom stereocenters. The minimum Gasteiger partial charge on any atom is -0.495 e. The number of anilines is 3. The Morgan fingerprint density at radius 3 is 2.65 bits per heavy atom. The van der Waals surface area contributed by atoms with Gasteiger partial charge in [-0.1, -0.05) is 12.1 Å². The average molecular weight is 354 g/mol. The van der Waals surface area contributed by atoms with E-state index in [-0.39, 0.29) is 5.56 Å². The summed E-state index contributed by atoms with van der Waals surface area (Å²) < 4.78 is 5.33. The number of carboxylic acids is 1. The molecule has 0 unspecified atom stereocenters. The second kappa shape index (κ2) is 7.35. The van der Waals surface area contributed by atoms with Crippen molar-refractivity contribution in [2.45, 2.75) is 13.8 Å². The SMILES string of the molecule is CCN(CC)c1cc2[nH]c(Nc3ccccc3OC)nc2cc1C(=O)O. The average Bonchev–Trinajstić information content (AvgIpc) is 3.03. The maximum Gasteiger partial charge on any atom is 0.337 e. The van der Waals surface area contributed by atoms with Crippen LogP contribution in [0.4, 0.5) is 17.3 Å². The Bertz CT molecular complexity index is 932. The maximum absolute atomic E-state index is 11.7. The van der Waals surface area contributed by atoms with E-state index in [0.717, 1.165) is 24.3 Å². The number of nitrogens with one attached hydrogen (secondary N) is 2. The van der Waals surface area contributed by atoms with Gasteiger partial charge < -0.3 is 25.0 Å². The second-order valence-corrected chi connectivity index (χ2v) is 5.77. The number of nitrogens with zero attached hydrogens (tertiary/aromatic N) is 2. The largest absolute Gasteiger partial charge is 0.495 e. The Balaban J connectivity index is 2.04. The molecule has 0 aliphatic rings.